The Balaban J connectivity index is 1.45. The van der Waals surface area contributed by atoms with Crippen LogP contribution in [0.4, 0.5) is 0 Å². The van der Waals surface area contributed by atoms with Crippen LogP contribution in [0.25, 0.3) is 0 Å². The highest BCUT2D eigenvalue weighted by atomic mass is 15.3. The molecule has 0 bridgehead atoms. The van der Waals surface area contributed by atoms with Crippen LogP contribution in [-0.2, 0) is 6.54 Å². The summed E-state index contributed by atoms with van der Waals surface area (Å²) in [5, 5.41) is 0. The molecule has 2 saturated heterocycles. The van der Waals surface area contributed by atoms with E-state index in [-0.39, 0.29) is 0 Å². The molecule has 0 aromatic carbocycles. The second kappa shape index (κ2) is 6.66. The van der Waals surface area contributed by atoms with Crippen molar-refractivity contribution in [2.75, 3.05) is 46.3 Å². The maximum absolute atomic E-state index is 4.43. The van der Waals surface area contributed by atoms with Gasteiger partial charge in [0, 0.05) is 58.1 Å². The smallest absolute Gasteiger partial charge is 0.0543 e. The number of likely N-dealkylation sites (tertiary alicyclic amines) is 1. The number of piperazine rings is 1. The molecule has 1 aromatic rings. The first-order valence-electron chi connectivity index (χ1n) is 7.86. The molecule has 0 aliphatic carbocycles. The van der Waals surface area contributed by atoms with E-state index in [0.29, 0.717) is 0 Å². The van der Waals surface area contributed by atoms with Crippen LogP contribution in [0.15, 0.2) is 24.4 Å². The Hall–Kier alpha value is -0.970. The number of hydrogen-bond donors (Lipinski definition) is 0. The van der Waals surface area contributed by atoms with Gasteiger partial charge in [0.1, 0.15) is 0 Å². The van der Waals surface area contributed by atoms with Gasteiger partial charge in [0.15, 0.2) is 0 Å². The van der Waals surface area contributed by atoms with Gasteiger partial charge in [0.25, 0.3) is 0 Å². The van der Waals surface area contributed by atoms with Crippen molar-refractivity contribution in [3.63, 3.8) is 0 Å². The maximum atomic E-state index is 4.43. The molecule has 0 radical (unpaired) electrons. The van der Waals surface area contributed by atoms with Crippen LogP contribution in [0, 0.1) is 0 Å². The predicted molar refractivity (Wildman–Crippen MR) is 81.6 cm³/mol. The molecule has 1 aromatic heterocycles. The molecule has 0 N–H and O–H groups in total. The van der Waals surface area contributed by atoms with Crippen molar-refractivity contribution >= 4 is 0 Å². The van der Waals surface area contributed by atoms with Crippen molar-refractivity contribution < 1.29 is 0 Å². The van der Waals surface area contributed by atoms with Crippen LogP contribution in [0.3, 0.4) is 0 Å². The van der Waals surface area contributed by atoms with Crippen molar-refractivity contribution in [1.82, 2.24) is 19.7 Å². The van der Waals surface area contributed by atoms with Gasteiger partial charge in [-0.05, 0) is 32.0 Å². The van der Waals surface area contributed by atoms with E-state index in [2.05, 4.69) is 38.9 Å². The first kappa shape index (κ1) is 14.0. The summed E-state index contributed by atoms with van der Waals surface area (Å²) in [6.07, 6.45) is 4.53. The molecule has 0 amide bonds. The van der Waals surface area contributed by atoms with Crippen molar-refractivity contribution in [1.29, 1.82) is 0 Å². The molecule has 110 valence electrons. The van der Waals surface area contributed by atoms with Crippen molar-refractivity contribution in [3.8, 4) is 0 Å². The Kier molecular flexibility index (Phi) is 4.65. The van der Waals surface area contributed by atoms with E-state index in [1.807, 2.05) is 12.3 Å². The highest BCUT2D eigenvalue weighted by molar-refractivity contribution is 5.03. The lowest BCUT2D eigenvalue weighted by atomic mass is 10.0. The Morgan fingerprint density at radius 2 is 1.80 bits per heavy atom. The molecule has 0 spiro atoms. The lowest BCUT2D eigenvalue weighted by Gasteiger charge is -2.42. The maximum Gasteiger partial charge on any atom is 0.0543 e. The summed E-state index contributed by atoms with van der Waals surface area (Å²) in [5.74, 6) is 0. The van der Waals surface area contributed by atoms with E-state index in [9.17, 15) is 0 Å². The first-order chi connectivity index (χ1) is 9.81. The summed E-state index contributed by atoms with van der Waals surface area (Å²) in [6.45, 7) is 8.41. The van der Waals surface area contributed by atoms with E-state index >= 15 is 0 Å². The van der Waals surface area contributed by atoms with Gasteiger partial charge < -0.3 is 4.90 Å². The van der Waals surface area contributed by atoms with E-state index in [1.54, 1.807) is 0 Å². The van der Waals surface area contributed by atoms with Gasteiger partial charge in [-0.1, -0.05) is 6.07 Å². The monoisotopic (exact) mass is 274 g/mol. The van der Waals surface area contributed by atoms with Gasteiger partial charge in [-0.15, -0.1) is 0 Å². The van der Waals surface area contributed by atoms with Crippen LogP contribution in [-0.4, -0.2) is 72.0 Å². The SMILES string of the molecule is CN1CCN(C2CCN(Cc3ccccn3)CC2)CC1. The Bertz CT molecular complexity index is 392. The molecule has 2 aliphatic rings. The van der Waals surface area contributed by atoms with Gasteiger partial charge in [-0.3, -0.25) is 14.8 Å². The van der Waals surface area contributed by atoms with Crippen LogP contribution in [0.2, 0.25) is 0 Å². The van der Waals surface area contributed by atoms with E-state index in [0.717, 1.165) is 12.6 Å². The third kappa shape index (κ3) is 3.57. The lowest BCUT2D eigenvalue weighted by molar-refractivity contribution is 0.0654. The number of nitrogens with zero attached hydrogens (tertiary/aromatic N) is 4. The number of likely N-dealkylation sites (N-methyl/N-ethyl adjacent to an activating group) is 1. The van der Waals surface area contributed by atoms with Gasteiger partial charge in [-0.25, -0.2) is 0 Å². The predicted octanol–water partition coefficient (Wildman–Crippen LogP) is 1.29. The van der Waals surface area contributed by atoms with Crippen LogP contribution < -0.4 is 0 Å². The van der Waals surface area contributed by atoms with Crippen molar-refractivity contribution in [2.24, 2.45) is 0 Å². The fourth-order valence-corrected chi connectivity index (χ4v) is 3.35. The zero-order valence-corrected chi connectivity index (χ0v) is 12.5. The minimum atomic E-state index is 0.809. The lowest BCUT2D eigenvalue weighted by Crippen LogP contribution is -2.52. The highest BCUT2D eigenvalue weighted by Gasteiger charge is 2.26. The molecule has 4 nitrogen and oxygen atoms in total. The first-order valence-corrected chi connectivity index (χ1v) is 7.86. The minimum Gasteiger partial charge on any atom is -0.304 e. The standard InChI is InChI=1S/C16H26N4/c1-18-10-12-20(13-11-18)16-5-8-19(9-6-16)14-15-4-2-3-7-17-15/h2-4,7,16H,5-6,8-14H2,1H3. The molecule has 3 rings (SSSR count). The van der Waals surface area contributed by atoms with E-state index < -0.39 is 0 Å². The normalized spacial score (nSPS) is 24.1. The molecule has 4 heteroatoms. The molecular weight excluding hydrogens is 248 g/mol. The summed E-state index contributed by atoms with van der Waals surface area (Å²) >= 11 is 0. The summed E-state index contributed by atoms with van der Waals surface area (Å²) < 4.78 is 0. The summed E-state index contributed by atoms with van der Waals surface area (Å²) in [6, 6.07) is 7.01. The summed E-state index contributed by atoms with van der Waals surface area (Å²) in [7, 11) is 2.23. The average molecular weight is 274 g/mol. The summed E-state index contributed by atoms with van der Waals surface area (Å²) in [5.41, 5.74) is 1.20. The molecule has 0 saturated carbocycles. The Morgan fingerprint density at radius 3 is 2.45 bits per heavy atom. The average Bonchev–Trinajstić information content (AvgIpc) is 2.50. The Morgan fingerprint density at radius 1 is 1.05 bits per heavy atom. The second-order valence-corrected chi connectivity index (χ2v) is 6.17. The van der Waals surface area contributed by atoms with Gasteiger partial charge in [0.2, 0.25) is 0 Å². The molecule has 2 aliphatic heterocycles. The molecule has 0 unspecified atom stereocenters. The zero-order chi connectivity index (χ0) is 13.8. The zero-order valence-electron chi connectivity index (χ0n) is 12.5. The Labute approximate surface area is 122 Å². The number of pyridine rings is 1. The fourth-order valence-electron chi connectivity index (χ4n) is 3.35. The molecule has 3 heterocycles. The summed E-state index contributed by atoms with van der Waals surface area (Å²) in [4.78, 5) is 12.1. The van der Waals surface area contributed by atoms with Gasteiger partial charge >= 0.3 is 0 Å². The topological polar surface area (TPSA) is 22.6 Å². The van der Waals surface area contributed by atoms with Crippen molar-refractivity contribution in [3.05, 3.63) is 30.1 Å². The third-order valence-corrected chi connectivity index (χ3v) is 4.72. The number of rotatable bonds is 3. The highest BCUT2D eigenvalue weighted by Crippen LogP contribution is 2.19. The van der Waals surface area contributed by atoms with Gasteiger partial charge in [-0.2, -0.15) is 0 Å². The van der Waals surface area contributed by atoms with Crippen LogP contribution >= 0.6 is 0 Å². The number of aromatic nitrogens is 1. The van der Waals surface area contributed by atoms with Crippen molar-refractivity contribution in [2.45, 2.75) is 25.4 Å². The molecule has 0 atom stereocenters. The molecule has 20 heavy (non-hydrogen) atoms. The fraction of sp³-hybridized carbons (Fsp3) is 0.688. The van der Waals surface area contributed by atoms with E-state index in [4.69, 9.17) is 0 Å². The quantitative estimate of drug-likeness (QED) is 0.828. The van der Waals surface area contributed by atoms with Crippen LogP contribution in [0.1, 0.15) is 18.5 Å². The largest absolute Gasteiger partial charge is 0.304 e. The molecular formula is C16H26N4. The number of hydrogen-bond acceptors (Lipinski definition) is 4. The molecule has 2 fully saturated rings. The minimum absolute atomic E-state index is 0.809. The second-order valence-electron chi connectivity index (χ2n) is 6.17. The number of piperidine rings is 1. The van der Waals surface area contributed by atoms with E-state index in [1.165, 1.54) is 57.8 Å². The van der Waals surface area contributed by atoms with Gasteiger partial charge in [0.05, 0.1) is 5.69 Å². The third-order valence-electron chi connectivity index (χ3n) is 4.72. The van der Waals surface area contributed by atoms with Crippen LogP contribution in [0.5, 0.6) is 0 Å².